The minimum Gasteiger partial charge on any atom is -0.489 e. The second-order valence-corrected chi connectivity index (χ2v) is 11.6. The Balaban J connectivity index is 1.02. The van der Waals surface area contributed by atoms with Gasteiger partial charge in [-0.25, -0.2) is 10.2 Å². The lowest BCUT2D eigenvalue weighted by Crippen LogP contribution is -2.16. The number of aromatic nitrogens is 2. The Morgan fingerprint density at radius 2 is 1.39 bits per heavy atom. The minimum atomic E-state index is -0.972. The van der Waals surface area contributed by atoms with E-state index >= 15 is 0 Å². The number of carbonyl (C=O) groups is 2. The summed E-state index contributed by atoms with van der Waals surface area (Å²) in [6, 6.07) is 31.6. The lowest BCUT2D eigenvalue weighted by molar-refractivity contribution is 0.0696. The third-order valence-electron chi connectivity index (χ3n) is 8.15. The Morgan fingerprint density at radius 3 is 2.04 bits per heavy atom. The maximum absolute atomic E-state index is 12.7. The van der Waals surface area contributed by atoms with Crippen molar-refractivity contribution >= 4 is 18.1 Å². The number of nitrogens with zero attached hydrogens (tertiary/aromatic N) is 3. The number of amides is 1. The summed E-state index contributed by atoms with van der Waals surface area (Å²) in [6.07, 6.45) is 1.60. The third kappa shape index (κ3) is 7.49. The summed E-state index contributed by atoms with van der Waals surface area (Å²) in [5.74, 6) is 0.566. The maximum atomic E-state index is 12.7. The molecule has 0 saturated carbocycles. The van der Waals surface area contributed by atoms with Crippen molar-refractivity contribution in [2.24, 2.45) is 5.10 Å². The highest BCUT2D eigenvalue weighted by atomic mass is 16.5. The highest BCUT2D eigenvalue weighted by molar-refractivity contribution is 5.92. The molecule has 0 spiro atoms. The molecule has 3 heterocycles. The van der Waals surface area contributed by atoms with E-state index in [0.717, 1.165) is 45.3 Å². The lowest BCUT2D eigenvalue weighted by atomic mass is 10.1. The summed E-state index contributed by atoms with van der Waals surface area (Å²) in [5.41, 5.74) is 10.6. The SMILES string of the molecule is Cc1ccc(C)n1-c1ccc(OCc2ccc(C(=O)N/N=C/c3cc(C)n(-c4ccc(OCc5cccc(C(=O)O)c5)cc4)c3C)o2)cc1. The van der Waals surface area contributed by atoms with E-state index in [9.17, 15) is 14.7 Å². The summed E-state index contributed by atoms with van der Waals surface area (Å²) >= 11 is 0. The van der Waals surface area contributed by atoms with Crippen LogP contribution in [0.3, 0.4) is 0 Å². The number of nitrogens with one attached hydrogen (secondary N) is 1. The number of hydrazone groups is 1. The largest absolute Gasteiger partial charge is 0.489 e. The van der Waals surface area contributed by atoms with Gasteiger partial charge in [0.05, 0.1) is 11.8 Å². The van der Waals surface area contributed by atoms with E-state index in [-0.39, 0.29) is 24.5 Å². The van der Waals surface area contributed by atoms with Crippen LogP contribution in [0.2, 0.25) is 0 Å². The van der Waals surface area contributed by atoms with Crippen LogP contribution in [-0.4, -0.2) is 32.3 Å². The van der Waals surface area contributed by atoms with Gasteiger partial charge in [-0.1, -0.05) is 12.1 Å². The number of carboxylic acid groups (broad SMARTS) is 1. The van der Waals surface area contributed by atoms with Crippen LogP contribution in [0.15, 0.2) is 113 Å². The monoisotopic (exact) mass is 656 g/mol. The number of hydrogen-bond donors (Lipinski definition) is 2. The Kier molecular flexibility index (Phi) is 9.48. The van der Waals surface area contributed by atoms with Crippen LogP contribution in [0.1, 0.15) is 60.6 Å². The van der Waals surface area contributed by atoms with Crippen LogP contribution >= 0.6 is 0 Å². The van der Waals surface area contributed by atoms with Gasteiger partial charge in [0.25, 0.3) is 0 Å². The number of ether oxygens (including phenoxy) is 2. The smallest absolute Gasteiger partial charge is 0.335 e. The molecule has 0 bridgehead atoms. The van der Waals surface area contributed by atoms with Crippen molar-refractivity contribution in [3.8, 4) is 22.9 Å². The average Bonchev–Trinajstić information content (AvgIpc) is 3.80. The number of hydrogen-bond acceptors (Lipinski definition) is 6. The van der Waals surface area contributed by atoms with Crippen molar-refractivity contribution < 1.29 is 28.6 Å². The molecule has 248 valence electrons. The van der Waals surface area contributed by atoms with Gasteiger partial charge in [-0.3, -0.25) is 4.79 Å². The average molecular weight is 657 g/mol. The highest BCUT2D eigenvalue weighted by Crippen LogP contribution is 2.24. The fraction of sp³-hybridized carbons (Fsp3) is 0.154. The van der Waals surface area contributed by atoms with E-state index in [4.69, 9.17) is 13.9 Å². The van der Waals surface area contributed by atoms with Gasteiger partial charge < -0.3 is 28.1 Å². The molecule has 6 rings (SSSR count). The molecule has 0 saturated heterocycles. The molecule has 6 aromatic rings. The third-order valence-corrected chi connectivity index (χ3v) is 8.15. The van der Waals surface area contributed by atoms with E-state index in [1.807, 2.05) is 74.5 Å². The van der Waals surface area contributed by atoms with Crippen molar-refractivity contribution in [3.05, 3.63) is 154 Å². The molecule has 3 aromatic heterocycles. The normalized spacial score (nSPS) is 11.2. The molecular formula is C39H36N4O6. The quantitative estimate of drug-likeness (QED) is 0.103. The van der Waals surface area contributed by atoms with Crippen molar-refractivity contribution in [3.63, 3.8) is 0 Å². The van der Waals surface area contributed by atoms with Gasteiger partial charge in [0.2, 0.25) is 0 Å². The van der Waals surface area contributed by atoms with Crippen LogP contribution < -0.4 is 14.9 Å². The first-order valence-corrected chi connectivity index (χ1v) is 15.7. The summed E-state index contributed by atoms with van der Waals surface area (Å²) < 4.78 is 21.7. The van der Waals surface area contributed by atoms with Crippen molar-refractivity contribution in [2.75, 3.05) is 0 Å². The van der Waals surface area contributed by atoms with Gasteiger partial charge in [-0.2, -0.15) is 5.10 Å². The fourth-order valence-electron chi connectivity index (χ4n) is 5.68. The van der Waals surface area contributed by atoms with E-state index in [2.05, 4.69) is 45.6 Å². The fourth-order valence-corrected chi connectivity index (χ4v) is 5.68. The summed E-state index contributed by atoms with van der Waals surface area (Å²) in [4.78, 5) is 24.0. The summed E-state index contributed by atoms with van der Waals surface area (Å²) in [7, 11) is 0. The molecule has 0 aliphatic heterocycles. The molecular weight excluding hydrogens is 620 g/mol. The van der Waals surface area contributed by atoms with Crippen molar-refractivity contribution in [2.45, 2.75) is 40.9 Å². The molecule has 0 aliphatic rings. The van der Waals surface area contributed by atoms with E-state index < -0.39 is 11.9 Å². The number of furan rings is 1. The van der Waals surface area contributed by atoms with Gasteiger partial charge in [0, 0.05) is 39.7 Å². The number of aromatic carboxylic acids is 1. The van der Waals surface area contributed by atoms with Crippen LogP contribution in [-0.2, 0) is 13.2 Å². The topological polar surface area (TPSA) is 120 Å². The van der Waals surface area contributed by atoms with Crippen molar-refractivity contribution in [1.29, 1.82) is 0 Å². The van der Waals surface area contributed by atoms with Gasteiger partial charge in [-0.15, -0.1) is 0 Å². The Bertz CT molecular complexity index is 2120. The first kappa shape index (κ1) is 32.6. The molecule has 3 aromatic carbocycles. The molecule has 2 N–H and O–H groups in total. The molecule has 0 unspecified atom stereocenters. The molecule has 10 nitrogen and oxygen atoms in total. The molecule has 10 heteroatoms. The lowest BCUT2D eigenvalue weighted by Gasteiger charge is -2.12. The second kappa shape index (κ2) is 14.2. The van der Waals surface area contributed by atoms with Crippen LogP contribution in [0.4, 0.5) is 0 Å². The number of carbonyl (C=O) groups excluding carboxylic acids is 1. The summed E-state index contributed by atoms with van der Waals surface area (Å²) in [6.45, 7) is 8.55. The Labute approximate surface area is 283 Å². The predicted molar refractivity (Wildman–Crippen MR) is 186 cm³/mol. The van der Waals surface area contributed by atoms with Crippen molar-refractivity contribution in [1.82, 2.24) is 14.6 Å². The first-order valence-electron chi connectivity index (χ1n) is 15.7. The zero-order valence-corrected chi connectivity index (χ0v) is 27.6. The molecule has 0 radical (unpaired) electrons. The highest BCUT2D eigenvalue weighted by Gasteiger charge is 2.13. The molecule has 1 amide bonds. The van der Waals surface area contributed by atoms with Gasteiger partial charge in [0.1, 0.15) is 30.5 Å². The molecule has 49 heavy (non-hydrogen) atoms. The minimum absolute atomic E-state index is 0.132. The van der Waals surface area contributed by atoms with E-state index in [1.54, 1.807) is 36.5 Å². The number of aryl methyl sites for hydroxylation is 3. The number of carboxylic acids is 1. The van der Waals surface area contributed by atoms with Crippen LogP contribution in [0.25, 0.3) is 11.4 Å². The maximum Gasteiger partial charge on any atom is 0.335 e. The number of rotatable bonds is 12. The predicted octanol–water partition coefficient (Wildman–Crippen LogP) is 7.71. The van der Waals surface area contributed by atoms with Gasteiger partial charge in [-0.05, 0) is 124 Å². The second-order valence-electron chi connectivity index (χ2n) is 11.6. The van der Waals surface area contributed by atoms with Gasteiger partial charge >= 0.3 is 11.9 Å². The van der Waals surface area contributed by atoms with Crippen LogP contribution in [0.5, 0.6) is 11.5 Å². The van der Waals surface area contributed by atoms with Gasteiger partial charge in [0.15, 0.2) is 5.76 Å². The van der Waals surface area contributed by atoms with E-state index in [1.165, 1.54) is 0 Å². The van der Waals surface area contributed by atoms with Crippen LogP contribution in [0, 0.1) is 27.7 Å². The first-order chi connectivity index (χ1) is 23.7. The zero-order chi connectivity index (χ0) is 34.5. The van der Waals surface area contributed by atoms with E-state index in [0.29, 0.717) is 17.3 Å². The zero-order valence-electron chi connectivity index (χ0n) is 27.6. The summed E-state index contributed by atoms with van der Waals surface area (Å²) in [5, 5.41) is 13.4. The molecule has 0 aliphatic carbocycles. The molecule has 0 atom stereocenters. The molecule has 0 fully saturated rings. The number of benzene rings is 3. The Morgan fingerprint density at radius 1 is 0.755 bits per heavy atom. The Hall–Kier alpha value is -6.29. The standard InChI is InChI=1S/C39H36N4O6/c1-25-8-9-26(2)42(25)32-10-14-35(15-11-32)48-24-36-18-19-37(49-36)38(44)41-40-22-31-20-27(3)43(28(31)4)33-12-16-34(17-13-33)47-23-29-6-5-7-30(21-29)39(45)46/h5-22H,23-24H2,1-4H3,(H,41,44)(H,45,46)/b40-22+.